The van der Waals surface area contributed by atoms with E-state index in [1.165, 1.54) is 5.56 Å². The number of hydrogen-bond acceptors (Lipinski definition) is 2. The SMILES string of the molecule is CC(O[Si](C)(C)O[SiH](C)C)c1ccccc1. The lowest BCUT2D eigenvalue weighted by atomic mass is 10.1. The van der Waals surface area contributed by atoms with Crippen LogP contribution in [-0.2, 0) is 8.54 Å². The van der Waals surface area contributed by atoms with Crippen molar-refractivity contribution in [3.05, 3.63) is 35.9 Å². The van der Waals surface area contributed by atoms with E-state index in [1.54, 1.807) is 0 Å². The van der Waals surface area contributed by atoms with Crippen LogP contribution in [0.4, 0.5) is 0 Å². The zero-order valence-corrected chi connectivity index (χ0v) is 13.0. The molecular formula is C12H22O2Si2. The fraction of sp³-hybridized carbons (Fsp3) is 0.500. The molecule has 0 bridgehead atoms. The first-order chi connectivity index (χ1) is 7.41. The number of rotatable bonds is 5. The highest BCUT2D eigenvalue weighted by Crippen LogP contribution is 2.22. The van der Waals surface area contributed by atoms with E-state index in [2.05, 4.69) is 45.2 Å². The molecule has 0 aliphatic heterocycles. The molecule has 0 saturated carbocycles. The molecule has 0 aliphatic rings. The van der Waals surface area contributed by atoms with Crippen LogP contribution in [0.5, 0.6) is 0 Å². The molecule has 0 amide bonds. The van der Waals surface area contributed by atoms with Gasteiger partial charge in [0.15, 0.2) is 9.04 Å². The molecule has 0 heterocycles. The van der Waals surface area contributed by atoms with Gasteiger partial charge in [0.25, 0.3) is 0 Å². The van der Waals surface area contributed by atoms with Crippen LogP contribution >= 0.6 is 0 Å². The predicted octanol–water partition coefficient (Wildman–Crippen LogP) is 3.47. The summed E-state index contributed by atoms with van der Waals surface area (Å²) in [5, 5.41) is 0. The fourth-order valence-corrected chi connectivity index (χ4v) is 7.56. The molecule has 1 unspecified atom stereocenters. The molecule has 90 valence electrons. The minimum atomic E-state index is -1.95. The largest absolute Gasteiger partial charge is 0.439 e. The summed E-state index contributed by atoms with van der Waals surface area (Å²) in [7, 11) is -2.96. The van der Waals surface area contributed by atoms with Gasteiger partial charge in [0.1, 0.15) is 0 Å². The van der Waals surface area contributed by atoms with Gasteiger partial charge in [0.2, 0.25) is 0 Å². The minimum absolute atomic E-state index is 0.121. The van der Waals surface area contributed by atoms with Gasteiger partial charge >= 0.3 is 8.56 Å². The summed E-state index contributed by atoms with van der Waals surface area (Å²) in [6.07, 6.45) is 0.121. The number of hydrogen-bond donors (Lipinski definition) is 0. The third kappa shape index (κ3) is 4.61. The van der Waals surface area contributed by atoms with E-state index in [1.807, 2.05) is 18.2 Å². The average Bonchev–Trinajstić information content (AvgIpc) is 2.16. The summed E-state index contributed by atoms with van der Waals surface area (Å²) in [6, 6.07) is 10.3. The maximum atomic E-state index is 6.09. The molecule has 16 heavy (non-hydrogen) atoms. The Hall–Kier alpha value is -0.426. The van der Waals surface area contributed by atoms with E-state index in [0.29, 0.717) is 0 Å². The van der Waals surface area contributed by atoms with Gasteiger partial charge in [-0.05, 0) is 38.7 Å². The van der Waals surface area contributed by atoms with Crippen LogP contribution in [0.2, 0.25) is 26.2 Å². The van der Waals surface area contributed by atoms with Crippen molar-refractivity contribution in [2.75, 3.05) is 0 Å². The molecule has 2 nitrogen and oxygen atoms in total. The molecule has 1 aromatic carbocycles. The van der Waals surface area contributed by atoms with E-state index < -0.39 is 17.6 Å². The lowest BCUT2D eigenvalue weighted by molar-refractivity contribution is 0.176. The van der Waals surface area contributed by atoms with Gasteiger partial charge in [-0.1, -0.05) is 30.3 Å². The minimum Gasteiger partial charge on any atom is -0.439 e. The highest BCUT2D eigenvalue weighted by atomic mass is 28.4. The molecule has 1 rings (SSSR count). The van der Waals surface area contributed by atoms with Gasteiger partial charge in [-0.15, -0.1) is 0 Å². The van der Waals surface area contributed by atoms with Crippen molar-refractivity contribution in [1.29, 1.82) is 0 Å². The maximum absolute atomic E-state index is 6.09. The molecule has 1 aromatic rings. The molecule has 0 radical (unpaired) electrons. The van der Waals surface area contributed by atoms with E-state index in [-0.39, 0.29) is 6.10 Å². The van der Waals surface area contributed by atoms with Crippen molar-refractivity contribution < 1.29 is 8.54 Å². The molecule has 0 fully saturated rings. The quantitative estimate of drug-likeness (QED) is 0.749. The van der Waals surface area contributed by atoms with Crippen LogP contribution < -0.4 is 0 Å². The van der Waals surface area contributed by atoms with Crippen LogP contribution in [-0.4, -0.2) is 17.6 Å². The Morgan fingerprint density at radius 2 is 1.69 bits per heavy atom. The number of benzene rings is 1. The molecule has 0 N–H and O–H groups in total. The van der Waals surface area contributed by atoms with Crippen molar-refractivity contribution in [1.82, 2.24) is 0 Å². The third-order valence-corrected chi connectivity index (χ3v) is 7.33. The smallest absolute Gasteiger partial charge is 0.321 e. The van der Waals surface area contributed by atoms with E-state index in [4.69, 9.17) is 8.54 Å². The Morgan fingerprint density at radius 3 is 2.19 bits per heavy atom. The second kappa shape index (κ2) is 5.77. The summed E-state index contributed by atoms with van der Waals surface area (Å²) in [4.78, 5) is 0. The molecule has 0 spiro atoms. The summed E-state index contributed by atoms with van der Waals surface area (Å²) in [5.41, 5.74) is 1.22. The zero-order chi connectivity index (χ0) is 12.2. The van der Waals surface area contributed by atoms with E-state index in [0.717, 1.165) is 0 Å². The fourth-order valence-electron chi connectivity index (χ4n) is 1.81. The highest BCUT2D eigenvalue weighted by Gasteiger charge is 2.28. The Balaban J connectivity index is 2.60. The molecule has 0 aromatic heterocycles. The lowest BCUT2D eigenvalue weighted by Gasteiger charge is -2.29. The lowest BCUT2D eigenvalue weighted by Crippen LogP contribution is -2.39. The van der Waals surface area contributed by atoms with Gasteiger partial charge in [-0.3, -0.25) is 0 Å². The van der Waals surface area contributed by atoms with Gasteiger partial charge < -0.3 is 8.54 Å². The highest BCUT2D eigenvalue weighted by molar-refractivity contribution is 6.72. The Kier molecular flexibility index (Phi) is 4.92. The van der Waals surface area contributed by atoms with Gasteiger partial charge in [0.05, 0.1) is 6.10 Å². The van der Waals surface area contributed by atoms with Gasteiger partial charge in [-0.2, -0.15) is 0 Å². The van der Waals surface area contributed by atoms with Gasteiger partial charge in [-0.25, -0.2) is 0 Å². The molecule has 1 atom stereocenters. The Labute approximate surface area is 102 Å². The van der Waals surface area contributed by atoms with Crippen LogP contribution in [0.25, 0.3) is 0 Å². The third-order valence-electron chi connectivity index (χ3n) is 2.25. The van der Waals surface area contributed by atoms with Crippen molar-refractivity contribution >= 4 is 17.6 Å². The topological polar surface area (TPSA) is 18.5 Å². The van der Waals surface area contributed by atoms with Crippen LogP contribution in [0, 0.1) is 0 Å². The maximum Gasteiger partial charge on any atom is 0.321 e. The van der Waals surface area contributed by atoms with Gasteiger partial charge in [0, 0.05) is 0 Å². The standard InChI is InChI=1S/C12H22O2Si2/c1-11(12-9-7-6-8-10-12)13-16(4,5)14-15(2)3/h6-11,15H,1-5H3. The molecule has 4 heteroatoms. The van der Waals surface area contributed by atoms with Crippen molar-refractivity contribution in [3.8, 4) is 0 Å². The first-order valence-electron chi connectivity index (χ1n) is 5.81. The van der Waals surface area contributed by atoms with Crippen molar-refractivity contribution in [3.63, 3.8) is 0 Å². The summed E-state index contributed by atoms with van der Waals surface area (Å²) >= 11 is 0. The van der Waals surface area contributed by atoms with E-state index >= 15 is 0 Å². The monoisotopic (exact) mass is 254 g/mol. The van der Waals surface area contributed by atoms with Crippen LogP contribution in [0.3, 0.4) is 0 Å². The first-order valence-corrected chi connectivity index (χ1v) is 11.4. The molecular weight excluding hydrogens is 232 g/mol. The zero-order valence-electron chi connectivity index (χ0n) is 10.9. The predicted molar refractivity (Wildman–Crippen MR) is 73.4 cm³/mol. The van der Waals surface area contributed by atoms with Crippen molar-refractivity contribution in [2.45, 2.75) is 39.2 Å². The first kappa shape index (κ1) is 13.6. The Morgan fingerprint density at radius 1 is 1.12 bits per heavy atom. The summed E-state index contributed by atoms with van der Waals surface area (Å²) in [6.45, 7) is 10.7. The second-order valence-corrected chi connectivity index (χ2v) is 10.8. The second-order valence-electron chi connectivity index (χ2n) is 4.74. The summed E-state index contributed by atoms with van der Waals surface area (Å²) < 4.78 is 12.1. The molecule has 0 saturated heterocycles. The molecule has 0 aliphatic carbocycles. The van der Waals surface area contributed by atoms with E-state index in [9.17, 15) is 0 Å². The normalized spacial score (nSPS) is 14.1. The van der Waals surface area contributed by atoms with Crippen LogP contribution in [0.15, 0.2) is 30.3 Å². The van der Waals surface area contributed by atoms with Crippen LogP contribution in [0.1, 0.15) is 18.6 Å². The Bertz CT molecular complexity index is 312. The summed E-state index contributed by atoms with van der Waals surface area (Å²) in [5.74, 6) is 0. The van der Waals surface area contributed by atoms with Crippen molar-refractivity contribution in [2.24, 2.45) is 0 Å². The average molecular weight is 254 g/mol.